The van der Waals surface area contributed by atoms with Gasteiger partial charge in [-0.25, -0.2) is 4.79 Å². The molecule has 0 bridgehead atoms. The molecule has 1 aliphatic carbocycles. The van der Waals surface area contributed by atoms with Crippen LogP contribution in [0.15, 0.2) is 22.9 Å². The fourth-order valence-corrected chi connectivity index (χ4v) is 6.31. The number of fused-ring (bicyclic) bond motifs is 5. The van der Waals surface area contributed by atoms with E-state index in [0.717, 1.165) is 10.4 Å². The second kappa shape index (κ2) is 10.1. The number of amides is 4. The monoisotopic (exact) mass is 580 g/mol. The maximum atomic E-state index is 12.7. The maximum absolute atomic E-state index is 12.7. The maximum Gasteiger partial charge on any atom is 0.319 e. The van der Waals surface area contributed by atoms with Crippen molar-refractivity contribution in [1.29, 1.82) is 0 Å². The van der Waals surface area contributed by atoms with Gasteiger partial charge in [0.1, 0.15) is 17.4 Å². The van der Waals surface area contributed by atoms with Crippen LogP contribution in [0.1, 0.15) is 41.5 Å². The summed E-state index contributed by atoms with van der Waals surface area (Å²) in [6, 6.07) is 2.72. The van der Waals surface area contributed by atoms with Crippen molar-refractivity contribution in [3.8, 4) is 0 Å². The predicted octanol–water partition coefficient (Wildman–Crippen LogP) is 1.10. The van der Waals surface area contributed by atoms with Gasteiger partial charge in [-0.1, -0.05) is 5.21 Å². The summed E-state index contributed by atoms with van der Waals surface area (Å²) in [5.74, 6) is 0.621. The van der Waals surface area contributed by atoms with Crippen LogP contribution in [0.3, 0.4) is 0 Å². The molecule has 0 aromatic carbocycles. The number of nitrogens with one attached hydrogen (secondary N) is 3. The summed E-state index contributed by atoms with van der Waals surface area (Å²) in [4.78, 5) is 38.7. The average Bonchev–Trinajstić information content (AvgIpc) is 3.60. The number of aromatic nitrogens is 4. The Morgan fingerprint density at radius 3 is 3.00 bits per heavy atom. The first kappa shape index (κ1) is 25.1. The summed E-state index contributed by atoms with van der Waals surface area (Å²) in [6.45, 7) is 1.32. The van der Waals surface area contributed by atoms with Crippen LogP contribution in [0.5, 0.6) is 0 Å². The molecule has 0 radical (unpaired) electrons. The first-order valence-electron chi connectivity index (χ1n) is 11.8. The van der Waals surface area contributed by atoms with Crippen molar-refractivity contribution in [2.24, 2.45) is 0 Å². The number of hydrogen-bond donors (Lipinski definition) is 3. The summed E-state index contributed by atoms with van der Waals surface area (Å²) < 4.78 is 11.0. The van der Waals surface area contributed by atoms with E-state index < -0.39 is 5.72 Å². The molecule has 1 saturated heterocycles. The van der Waals surface area contributed by atoms with E-state index in [-0.39, 0.29) is 36.0 Å². The minimum absolute atomic E-state index is 0.00247. The van der Waals surface area contributed by atoms with E-state index in [1.54, 1.807) is 34.5 Å². The SMILES string of the molecule is CSCCC(=O)NCc1cn(CCCO[C@@]23C[C@@H]4[C@@H](NC(=O)c5ccc(Br)n54)[C@@H]2NC(=O)N3C)nn1. The van der Waals surface area contributed by atoms with Crippen LogP contribution in [0.2, 0.25) is 0 Å². The molecule has 2 fully saturated rings. The third kappa shape index (κ3) is 4.39. The number of carbonyl (C=O) groups is 3. The molecule has 0 spiro atoms. The van der Waals surface area contributed by atoms with Gasteiger partial charge in [-0.2, -0.15) is 11.8 Å². The Labute approximate surface area is 221 Å². The minimum atomic E-state index is -0.875. The molecule has 3 N–H and O–H groups in total. The van der Waals surface area contributed by atoms with E-state index >= 15 is 0 Å². The van der Waals surface area contributed by atoms with Crippen LogP contribution in [-0.4, -0.2) is 85.8 Å². The highest BCUT2D eigenvalue weighted by molar-refractivity contribution is 9.10. The zero-order valence-corrected chi connectivity index (χ0v) is 22.5. The van der Waals surface area contributed by atoms with E-state index in [1.807, 2.05) is 23.1 Å². The standard InChI is InChI=1S/C22H29BrN8O4S/c1-29-21(34)26-19-18-15(31-14(20(33)25-18)4-5-16(31)23)10-22(19,29)35-8-3-7-30-12-13(27-28-30)11-24-17(32)6-9-36-2/h4-5,12,15,18-19H,3,6-11H2,1-2H3,(H,24,32)(H,25,33)(H,26,34)/t15-,18-,19+,22+/m1/s1. The summed E-state index contributed by atoms with van der Waals surface area (Å²) in [6.07, 6.45) is 5.46. The van der Waals surface area contributed by atoms with Gasteiger partial charge in [0.05, 0.1) is 36.0 Å². The van der Waals surface area contributed by atoms with Gasteiger partial charge in [-0.05, 0) is 40.7 Å². The quantitative estimate of drug-likeness (QED) is 0.358. The number of nitrogens with zero attached hydrogens (tertiary/aromatic N) is 5. The van der Waals surface area contributed by atoms with Crippen molar-refractivity contribution in [2.75, 3.05) is 25.7 Å². The zero-order chi connectivity index (χ0) is 25.4. The van der Waals surface area contributed by atoms with Crippen LogP contribution in [0.4, 0.5) is 4.79 Å². The molecular weight excluding hydrogens is 552 g/mol. The van der Waals surface area contributed by atoms with Crippen molar-refractivity contribution >= 4 is 45.5 Å². The normalized spacial score (nSPS) is 26.3. The zero-order valence-electron chi connectivity index (χ0n) is 20.1. The molecule has 4 atom stereocenters. The second-order valence-electron chi connectivity index (χ2n) is 9.21. The van der Waals surface area contributed by atoms with Gasteiger partial charge < -0.3 is 25.3 Å². The lowest BCUT2D eigenvalue weighted by Gasteiger charge is -2.34. The molecule has 2 aliphatic heterocycles. The highest BCUT2D eigenvalue weighted by Crippen LogP contribution is 2.48. The lowest BCUT2D eigenvalue weighted by Crippen LogP contribution is -2.57. The molecule has 14 heteroatoms. The molecule has 5 rings (SSSR count). The molecule has 1 saturated carbocycles. The number of rotatable bonds is 10. The number of ether oxygens (including phenoxy) is 1. The summed E-state index contributed by atoms with van der Waals surface area (Å²) in [5.41, 5.74) is 0.412. The minimum Gasteiger partial charge on any atom is -0.353 e. The van der Waals surface area contributed by atoms with E-state index in [0.29, 0.717) is 50.3 Å². The first-order valence-corrected chi connectivity index (χ1v) is 14.0. The van der Waals surface area contributed by atoms with Crippen LogP contribution in [0.25, 0.3) is 0 Å². The molecule has 3 aliphatic rings. The molecule has 194 valence electrons. The highest BCUT2D eigenvalue weighted by atomic mass is 79.9. The molecule has 36 heavy (non-hydrogen) atoms. The Bertz CT molecular complexity index is 1170. The lowest BCUT2D eigenvalue weighted by molar-refractivity contribution is -0.120. The van der Waals surface area contributed by atoms with Gasteiger partial charge in [-0.15, -0.1) is 5.10 Å². The number of halogens is 1. The molecule has 0 unspecified atom stereocenters. The Kier molecular flexibility index (Phi) is 7.01. The van der Waals surface area contributed by atoms with Crippen LogP contribution >= 0.6 is 27.7 Å². The Morgan fingerprint density at radius 2 is 2.19 bits per heavy atom. The van der Waals surface area contributed by atoms with Crippen LogP contribution in [-0.2, 0) is 22.6 Å². The molecule has 4 amide bonds. The van der Waals surface area contributed by atoms with Gasteiger partial charge in [0.25, 0.3) is 5.91 Å². The fourth-order valence-electron chi connectivity index (χ4n) is 5.33. The molecule has 4 heterocycles. The number of hydrogen-bond acceptors (Lipinski definition) is 7. The first-order chi connectivity index (χ1) is 17.3. The van der Waals surface area contributed by atoms with Crippen LogP contribution < -0.4 is 16.0 Å². The predicted molar refractivity (Wildman–Crippen MR) is 135 cm³/mol. The number of aryl methyl sites for hydroxylation is 1. The number of likely N-dealkylation sites (N-methyl/N-ethyl adjacent to an activating group) is 1. The Balaban J connectivity index is 1.20. The average molecular weight is 581 g/mol. The molecule has 2 aromatic heterocycles. The van der Waals surface area contributed by atoms with Crippen molar-refractivity contribution in [1.82, 2.24) is 40.4 Å². The largest absolute Gasteiger partial charge is 0.353 e. The van der Waals surface area contributed by atoms with E-state index in [2.05, 4.69) is 42.2 Å². The molecular formula is C22H29BrN8O4S. The Morgan fingerprint density at radius 1 is 1.36 bits per heavy atom. The third-order valence-electron chi connectivity index (χ3n) is 7.11. The highest BCUT2D eigenvalue weighted by Gasteiger charge is 2.65. The van der Waals surface area contributed by atoms with Crippen molar-refractivity contribution in [3.63, 3.8) is 0 Å². The van der Waals surface area contributed by atoms with Crippen molar-refractivity contribution in [3.05, 3.63) is 34.3 Å². The summed E-state index contributed by atoms with van der Waals surface area (Å²) >= 11 is 5.20. The number of carbonyl (C=O) groups excluding carboxylic acids is 3. The van der Waals surface area contributed by atoms with Gasteiger partial charge in [-0.3, -0.25) is 19.2 Å². The number of urea groups is 1. The van der Waals surface area contributed by atoms with E-state index in [1.165, 1.54) is 0 Å². The summed E-state index contributed by atoms with van der Waals surface area (Å²) in [7, 11) is 1.73. The van der Waals surface area contributed by atoms with Crippen LogP contribution in [0, 0.1) is 0 Å². The summed E-state index contributed by atoms with van der Waals surface area (Å²) in [5, 5.41) is 17.2. The van der Waals surface area contributed by atoms with E-state index in [9.17, 15) is 14.4 Å². The molecule has 12 nitrogen and oxygen atoms in total. The van der Waals surface area contributed by atoms with Crippen molar-refractivity contribution in [2.45, 2.75) is 56.2 Å². The van der Waals surface area contributed by atoms with Gasteiger partial charge in [0.15, 0.2) is 5.72 Å². The topological polar surface area (TPSA) is 135 Å². The second-order valence-corrected chi connectivity index (χ2v) is 11.0. The lowest BCUT2D eigenvalue weighted by atomic mass is 10.0. The van der Waals surface area contributed by atoms with Gasteiger partial charge in [0, 0.05) is 32.2 Å². The van der Waals surface area contributed by atoms with Gasteiger partial charge in [0.2, 0.25) is 5.91 Å². The van der Waals surface area contributed by atoms with Gasteiger partial charge >= 0.3 is 6.03 Å². The van der Waals surface area contributed by atoms with E-state index in [4.69, 9.17) is 4.74 Å². The van der Waals surface area contributed by atoms with Crippen molar-refractivity contribution < 1.29 is 19.1 Å². The Hall–Kier alpha value is -2.58. The molecule has 2 aromatic rings. The number of thioether (sulfide) groups is 1. The smallest absolute Gasteiger partial charge is 0.319 e. The third-order valence-corrected chi connectivity index (χ3v) is 8.37. The fraction of sp³-hybridized carbons (Fsp3) is 0.591.